The Hall–Kier alpha value is -0.930. The minimum absolute atomic E-state index is 0. The third kappa shape index (κ3) is 6.29. The summed E-state index contributed by atoms with van der Waals surface area (Å²) in [5.41, 5.74) is 1.06. The van der Waals surface area contributed by atoms with Crippen molar-refractivity contribution in [3.8, 4) is 5.75 Å². The third-order valence-corrected chi connectivity index (χ3v) is 5.75. The molecule has 0 aliphatic carbocycles. The van der Waals surface area contributed by atoms with E-state index in [9.17, 15) is 0 Å². The van der Waals surface area contributed by atoms with Crippen molar-refractivity contribution in [2.45, 2.75) is 25.3 Å². The van der Waals surface area contributed by atoms with Crippen molar-refractivity contribution >= 4 is 47.2 Å². The van der Waals surface area contributed by atoms with Gasteiger partial charge in [-0.3, -0.25) is 4.99 Å². The molecule has 158 valence electrons. The Balaban J connectivity index is 0.00000280. The largest absolute Gasteiger partial charge is 0.495 e. The smallest absolute Gasteiger partial charge is 0.191 e. The number of piperidine rings is 1. The molecule has 0 saturated carbocycles. The van der Waals surface area contributed by atoms with Gasteiger partial charge in [-0.2, -0.15) is 0 Å². The SMILES string of the molecule is CN=C(NCC1CCCN(C)C1)NC1CCN(c2cc(Cl)ccc2OC)C1.I. The number of aliphatic imine (C=N–C) groups is 1. The van der Waals surface area contributed by atoms with E-state index in [4.69, 9.17) is 16.3 Å². The van der Waals surface area contributed by atoms with Crippen molar-refractivity contribution < 1.29 is 4.74 Å². The standard InChI is InChI=1S/C20H32ClN5O.HI/c1-22-20(23-12-15-5-4-9-25(2)13-15)24-17-8-10-26(14-17)18-11-16(21)6-7-19(18)27-3;/h6-7,11,15,17H,4-5,8-10,12-14H2,1-3H3,(H2,22,23,24);1H. The lowest BCUT2D eigenvalue weighted by Crippen LogP contribution is -2.47. The lowest BCUT2D eigenvalue weighted by Gasteiger charge is -2.30. The van der Waals surface area contributed by atoms with Crippen LogP contribution >= 0.6 is 35.6 Å². The van der Waals surface area contributed by atoms with Crippen LogP contribution in [0.3, 0.4) is 0 Å². The highest BCUT2D eigenvalue weighted by Gasteiger charge is 2.26. The molecule has 0 spiro atoms. The quantitative estimate of drug-likeness (QED) is 0.354. The number of nitrogens with one attached hydrogen (secondary N) is 2. The lowest BCUT2D eigenvalue weighted by molar-refractivity contribution is 0.210. The van der Waals surface area contributed by atoms with E-state index in [1.165, 1.54) is 19.4 Å². The Bertz CT molecular complexity index is 659. The van der Waals surface area contributed by atoms with Crippen LogP contribution in [0.5, 0.6) is 5.75 Å². The van der Waals surface area contributed by atoms with Gasteiger partial charge in [-0.1, -0.05) is 11.6 Å². The summed E-state index contributed by atoms with van der Waals surface area (Å²) in [5.74, 6) is 2.45. The van der Waals surface area contributed by atoms with Crippen molar-refractivity contribution in [1.29, 1.82) is 0 Å². The predicted molar refractivity (Wildman–Crippen MR) is 129 cm³/mol. The molecule has 0 amide bonds. The predicted octanol–water partition coefficient (Wildman–Crippen LogP) is 3.05. The fourth-order valence-corrected chi connectivity index (χ4v) is 4.24. The lowest BCUT2D eigenvalue weighted by atomic mass is 9.99. The normalized spacial score (nSPS) is 23.3. The Labute approximate surface area is 191 Å². The number of benzene rings is 1. The number of ether oxygens (including phenoxy) is 1. The van der Waals surface area contributed by atoms with Crippen molar-refractivity contribution in [1.82, 2.24) is 15.5 Å². The Morgan fingerprint density at radius 1 is 1.29 bits per heavy atom. The molecule has 1 aromatic carbocycles. The number of nitrogens with zero attached hydrogens (tertiary/aromatic N) is 3. The van der Waals surface area contributed by atoms with E-state index in [0.29, 0.717) is 12.0 Å². The molecule has 2 atom stereocenters. The molecule has 28 heavy (non-hydrogen) atoms. The van der Waals surface area contributed by atoms with Gasteiger partial charge in [0.2, 0.25) is 0 Å². The number of guanidine groups is 1. The minimum atomic E-state index is 0. The molecule has 2 aliphatic rings. The van der Waals surface area contributed by atoms with Gasteiger partial charge < -0.3 is 25.2 Å². The van der Waals surface area contributed by atoms with E-state index in [1.807, 2.05) is 25.2 Å². The summed E-state index contributed by atoms with van der Waals surface area (Å²) in [4.78, 5) is 9.16. The molecule has 1 aromatic rings. The molecule has 6 nitrogen and oxygen atoms in total. The fourth-order valence-electron chi connectivity index (χ4n) is 4.08. The molecule has 2 unspecified atom stereocenters. The second-order valence-corrected chi connectivity index (χ2v) is 8.05. The van der Waals surface area contributed by atoms with Crippen LogP contribution in [0.4, 0.5) is 5.69 Å². The molecule has 0 aromatic heterocycles. The molecule has 2 heterocycles. The first-order chi connectivity index (χ1) is 13.1. The van der Waals surface area contributed by atoms with E-state index in [1.54, 1.807) is 7.11 Å². The zero-order valence-corrected chi connectivity index (χ0v) is 20.2. The number of rotatable bonds is 5. The van der Waals surface area contributed by atoms with Crippen molar-refractivity contribution in [2.24, 2.45) is 10.9 Å². The molecule has 8 heteroatoms. The summed E-state index contributed by atoms with van der Waals surface area (Å²) >= 11 is 6.19. The number of hydrogen-bond acceptors (Lipinski definition) is 4. The highest BCUT2D eigenvalue weighted by atomic mass is 127. The summed E-state index contributed by atoms with van der Waals surface area (Å²) in [7, 11) is 5.75. The van der Waals surface area contributed by atoms with E-state index < -0.39 is 0 Å². The zero-order valence-electron chi connectivity index (χ0n) is 17.1. The zero-order chi connectivity index (χ0) is 19.2. The first-order valence-electron chi connectivity index (χ1n) is 9.83. The van der Waals surface area contributed by atoms with Gasteiger partial charge in [-0.05, 0) is 57.0 Å². The molecule has 2 fully saturated rings. The van der Waals surface area contributed by atoms with Crippen LogP contribution in [0.2, 0.25) is 5.02 Å². The molecule has 2 N–H and O–H groups in total. The maximum atomic E-state index is 6.19. The summed E-state index contributed by atoms with van der Waals surface area (Å²) in [5, 5.41) is 7.83. The van der Waals surface area contributed by atoms with Crippen LogP contribution in [-0.4, -0.2) is 70.8 Å². The van der Waals surface area contributed by atoms with Gasteiger partial charge in [0.1, 0.15) is 5.75 Å². The molecule has 2 aliphatic heterocycles. The van der Waals surface area contributed by atoms with E-state index >= 15 is 0 Å². The molecule has 0 radical (unpaired) electrons. The fraction of sp³-hybridized carbons (Fsp3) is 0.650. The highest BCUT2D eigenvalue weighted by molar-refractivity contribution is 14.0. The molecule has 2 saturated heterocycles. The second kappa shape index (κ2) is 11.3. The van der Waals surface area contributed by atoms with Gasteiger partial charge in [0.15, 0.2) is 5.96 Å². The Morgan fingerprint density at radius 2 is 2.11 bits per heavy atom. The van der Waals surface area contributed by atoms with Gasteiger partial charge in [0, 0.05) is 44.3 Å². The summed E-state index contributed by atoms with van der Waals surface area (Å²) in [6, 6.07) is 6.13. The topological polar surface area (TPSA) is 52.1 Å². The van der Waals surface area contributed by atoms with Gasteiger partial charge in [0.05, 0.1) is 12.8 Å². The van der Waals surface area contributed by atoms with Crippen LogP contribution in [0.25, 0.3) is 0 Å². The minimum Gasteiger partial charge on any atom is -0.495 e. The Morgan fingerprint density at radius 3 is 2.82 bits per heavy atom. The van der Waals surface area contributed by atoms with E-state index in [0.717, 1.165) is 55.0 Å². The number of hydrogen-bond donors (Lipinski definition) is 2. The first-order valence-corrected chi connectivity index (χ1v) is 10.2. The van der Waals surface area contributed by atoms with Crippen LogP contribution in [0.1, 0.15) is 19.3 Å². The van der Waals surface area contributed by atoms with Crippen LogP contribution < -0.4 is 20.3 Å². The maximum Gasteiger partial charge on any atom is 0.191 e. The van der Waals surface area contributed by atoms with E-state index in [-0.39, 0.29) is 24.0 Å². The Kier molecular flexibility index (Phi) is 9.43. The van der Waals surface area contributed by atoms with Crippen LogP contribution in [-0.2, 0) is 0 Å². The van der Waals surface area contributed by atoms with Gasteiger partial charge in [-0.25, -0.2) is 0 Å². The average Bonchev–Trinajstić information content (AvgIpc) is 3.13. The summed E-state index contributed by atoms with van der Waals surface area (Å²) < 4.78 is 5.50. The molecular formula is C20H33ClIN5O. The first kappa shape index (κ1) is 23.3. The van der Waals surface area contributed by atoms with Crippen molar-refractivity contribution in [3.63, 3.8) is 0 Å². The van der Waals surface area contributed by atoms with Gasteiger partial charge in [-0.15, -0.1) is 24.0 Å². The monoisotopic (exact) mass is 521 g/mol. The van der Waals surface area contributed by atoms with Crippen LogP contribution in [0, 0.1) is 5.92 Å². The summed E-state index contributed by atoms with van der Waals surface area (Å²) in [6.07, 6.45) is 3.64. The number of halogens is 2. The van der Waals surface area contributed by atoms with Crippen LogP contribution in [0.15, 0.2) is 23.2 Å². The molecule has 0 bridgehead atoms. The second-order valence-electron chi connectivity index (χ2n) is 7.62. The number of anilines is 1. The average molecular weight is 522 g/mol. The van der Waals surface area contributed by atoms with E-state index in [2.05, 4.69) is 32.5 Å². The summed E-state index contributed by atoms with van der Waals surface area (Å²) in [6.45, 7) is 5.23. The van der Waals surface area contributed by atoms with Gasteiger partial charge in [0.25, 0.3) is 0 Å². The maximum absolute atomic E-state index is 6.19. The third-order valence-electron chi connectivity index (χ3n) is 5.51. The molecule has 3 rings (SSSR count). The highest BCUT2D eigenvalue weighted by Crippen LogP contribution is 2.33. The van der Waals surface area contributed by atoms with Crippen molar-refractivity contribution in [3.05, 3.63) is 23.2 Å². The van der Waals surface area contributed by atoms with Gasteiger partial charge >= 0.3 is 0 Å². The van der Waals surface area contributed by atoms with Crippen molar-refractivity contribution in [2.75, 3.05) is 58.8 Å². The number of methoxy groups -OCH3 is 1. The molecular weight excluding hydrogens is 489 g/mol. The number of likely N-dealkylation sites (tertiary alicyclic amines) is 1.